The third-order valence-corrected chi connectivity index (χ3v) is 3.82. The maximum atomic E-state index is 8.95. The Balaban J connectivity index is 2.05. The largest absolute Gasteiger partial charge is 0.396 e. The molecule has 100 valence electrons. The van der Waals surface area contributed by atoms with Crippen LogP contribution in [0.15, 0.2) is 24.3 Å². The van der Waals surface area contributed by atoms with Crippen LogP contribution in [0.5, 0.6) is 0 Å². The van der Waals surface area contributed by atoms with Gasteiger partial charge in [0.15, 0.2) is 0 Å². The molecule has 0 radical (unpaired) electrons. The molecule has 1 aliphatic rings. The van der Waals surface area contributed by atoms with E-state index in [0.717, 1.165) is 19.4 Å². The highest BCUT2D eigenvalue weighted by Crippen LogP contribution is 2.28. The van der Waals surface area contributed by atoms with Crippen LogP contribution < -0.4 is 10.6 Å². The van der Waals surface area contributed by atoms with Gasteiger partial charge in [0.1, 0.15) is 0 Å². The van der Waals surface area contributed by atoms with Crippen LogP contribution in [-0.2, 0) is 0 Å². The minimum atomic E-state index is 0.0998. The molecule has 2 atom stereocenters. The molecule has 0 spiro atoms. The Kier molecular flexibility index (Phi) is 4.61. The summed E-state index contributed by atoms with van der Waals surface area (Å²) in [6.45, 7) is 3.44. The summed E-state index contributed by atoms with van der Waals surface area (Å²) in [4.78, 5) is 2.47. The van der Waals surface area contributed by atoms with Crippen molar-refractivity contribution >= 4 is 5.69 Å². The molecule has 0 aromatic heterocycles. The molecule has 0 amide bonds. The second kappa shape index (κ2) is 6.21. The summed E-state index contributed by atoms with van der Waals surface area (Å²) >= 11 is 0. The van der Waals surface area contributed by atoms with Crippen LogP contribution in [0.3, 0.4) is 0 Å². The van der Waals surface area contributed by atoms with E-state index in [9.17, 15) is 0 Å². The van der Waals surface area contributed by atoms with Crippen molar-refractivity contribution in [2.75, 3.05) is 18.1 Å². The lowest BCUT2D eigenvalue weighted by molar-refractivity contribution is 0.279. The highest BCUT2D eigenvalue weighted by Gasteiger charge is 2.23. The van der Waals surface area contributed by atoms with E-state index in [0.29, 0.717) is 12.6 Å². The summed E-state index contributed by atoms with van der Waals surface area (Å²) in [5, 5.41) is 8.95. The van der Waals surface area contributed by atoms with Gasteiger partial charge in [0.05, 0.1) is 0 Å². The Bertz CT molecular complexity index is 361. The molecule has 1 saturated heterocycles. The van der Waals surface area contributed by atoms with Crippen molar-refractivity contribution in [2.24, 2.45) is 5.73 Å². The molecule has 1 aromatic rings. The lowest BCUT2D eigenvalue weighted by Crippen LogP contribution is -2.29. The fraction of sp³-hybridized carbons (Fsp3) is 0.600. The maximum Gasteiger partial charge on any atom is 0.0431 e. The van der Waals surface area contributed by atoms with Gasteiger partial charge in [0.2, 0.25) is 0 Å². The Morgan fingerprint density at radius 2 is 2.11 bits per heavy atom. The summed E-state index contributed by atoms with van der Waals surface area (Å²) in [5.74, 6) is 0. The van der Waals surface area contributed by atoms with E-state index < -0.39 is 0 Å². The first-order valence-electron chi connectivity index (χ1n) is 6.95. The zero-order valence-electron chi connectivity index (χ0n) is 11.2. The molecule has 1 unspecified atom stereocenters. The van der Waals surface area contributed by atoms with Gasteiger partial charge in [-0.15, -0.1) is 0 Å². The van der Waals surface area contributed by atoms with E-state index in [2.05, 4.69) is 29.2 Å². The number of aliphatic hydroxyl groups excluding tert-OH is 1. The maximum absolute atomic E-state index is 8.95. The van der Waals surface area contributed by atoms with Gasteiger partial charge in [-0.3, -0.25) is 0 Å². The number of anilines is 1. The molecule has 3 N–H and O–H groups in total. The summed E-state index contributed by atoms with van der Waals surface area (Å²) < 4.78 is 0. The van der Waals surface area contributed by atoms with Gasteiger partial charge < -0.3 is 15.7 Å². The first-order valence-corrected chi connectivity index (χ1v) is 6.95. The smallest absolute Gasteiger partial charge is 0.0431 e. The Morgan fingerprint density at radius 3 is 2.72 bits per heavy atom. The Labute approximate surface area is 110 Å². The molecule has 1 aliphatic heterocycles. The molecule has 18 heavy (non-hydrogen) atoms. The minimum Gasteiger partial charge on any atom is -0.396 e. The monoisotopic (exact) mass is 248 g/mol. The summed E-state index contributed by atoms with van der Waals surface area (Å²) in [6.07, 6.45) is 4.49. The van der Waals surface area contributed by atoms with Crippen molar-refractivity contribution in [1.82, 2.24) is 0 Å². The minimum absolute atomic E-state index is 0.0998. The summed E-state index contributed by atoms with van der Waals surface area (Å²) in [6, 6.07) is 9.30. The lowest BCUT2D eigenvalue weighted by Gasteiger charge is -2.27. The standard InChI is InChI=1S/C15H24N2O/c1-12(16)13-6-8-15(9-7-13)17-10-2-4-14(17)5-3-11-18/h6-9,12,14,18H,2-5,10-11,16H2,1H3/t12-,14?/m0/s1. The molecule has 3 heteroatoms. The van der Waals surface area contributed by atoms with E-state index in [1.807, 2.05) is 6.92 Å². The number of aliphatic hydroxyl groups is 1. The van der Waals surface area contributed by atoms with Crippen LogP contribution in [0.1, 0.15) is 44.2 Å². The molecule has 1 aromatic carbocycles. The third-order valence-electron chi connectivity index (χ3n) is 3.82. The zero-order chi connectivity index (χ0) is 13.0. The molecule has 1 fully saturated rings. The van der Waals surface area contributed by atoms with E-state index in [4.69, 9.17) is 10.8 Å². The number of rotatable bonds is 5. The van der Waals surface area contributed by atoms with Crippen LogP contribution in [0, 0.1) is 0 Å². The van der Waals surface area contributed by atoms with E-state index >= 15 is 0 Å². The third kappa shape index (κ3) is 3.03. The van der Waals surface area contributed by atoms with Crippen molar-refractivity contribution in [3.8, 4) is 0 Å². The normalized spacial score (nSPS) is 21.3. The van der Waals surface area contributed by atoms with Crippen LogP contribution >= 0.6 is 0 Å². The molecule has 0 saturated carbocycles. The molecular weight excluding hydrogens is 224 g/mol. The van der Waals surface area contributed by atoms with Gasteiger partial charge >= 0.3 is 0 Å². The quantitative estimate of drug-likeness (QED) is 0.841. The predicted molar refractivity (Wildman–Crippen MR) is 75.7 cm³/mol. The second-order valence-corrected chi connectivity index (χ2v) is 5.24. The average molecular weight is 248 g/mol. The Hall–Kier alpha value is -1.06. The van der Waals surface area contributed by atoms with Crippen molar-refractivity contribution in [1.29, 1.82) is 0 Å². The van der Waals surface area contributed by atoms with Crippen LogP contribution in [0.25, 0.3) is 0 Å². The highest BCUT2D eigenvalue weighted by atomic mass is 16.2. The fourth-order valence-electron chi connectivity index (χ4n) is 2.77. The summed E-state index contributed by atoms with van der Waals surface area (Å²) in [7, 11) is 0. The lowest BCUT2D eigenvalue weighted by atomic mass is 10.1. The first-order chi connectivity index (χ1) is 8.72. The average Bonchev–Trinajstić information content (AvgIpc) is 2.84. The van der Waals surface area contributed by atoms with E-state index in [1.54, 1.807) is 0 Å². The molecule has 0 bridgehead atoms. The van der Waals surface area contributed by atoms with Crippen molar-refractivity contribution in [2.45, 2.75) is 44.7 Å². The van der Waals surface area contributed by atoms with Gasteiger partial charge in [-0.25, -0.2) is 0 Å². The molecule has 0 aliphatic carbocycles. The molecule has 1 heterocycles. The van der Waals surface area contributed by atoms with Gasteiger partial charge in [0, 0.05) is 30.9 Å². The highest BCUT2D eigenvalue weighted by molar-refractivity contribution is 5.49. The van der Waals surface area contributed by atoms with E-state index in [1.165, 1.54) is 24.1 Å². The molecule has 3 nitrogen and oxygen atoms in total. The number of nitrogens with two attached hydrogens (primary N) is 1. The van der Waals surface area contributed by atoms with Crippen molar-refractivity contribution in [3.05, 3.63) is 29.8 Å². The zero-order valence-corrected chi connectivity index (χ0v) is 11.2. The van der Waals surface area contributed by atoms with Gasteiger partial charge in [-0.05, 0) is 50.3 Å². The van der Waals surface area contributed by atoms with Crippen LogP contribution in [-0.4, -0.2) is 24.3 Å². The molecule has 2 rings (SSSR count). The topological polar surface area (TPSA) is 49.5 Å². The SMILES string of the molecule is C[C@H](N)c1ccc(N2CCCC2CCCO)cc1. The predicted octanol–water partition coefficient (Wildman–Crippen LogP) is 2.45. The number of hydrogen-bond donors (Lipinski definition) is 2. The van der Waals surface area contributed by atoms with Crippen molar-refractivity contribution in [3.63, 3.8) is 0 Å². The van der Waals surface area contributed by atoms with Gasteiger partial charge in [-0.2, -0.15) is 0 Å². The second-order valence-electron chi connectivity index (χ2n) is 5.24. The number of hydrogen-bond acceptors (Lipinski definition) is 3. The van der Waals surface area contributed by atoms with Crippen LogP contribution in [0.4, 0.5) is 5.69 Å². The number of nitrogens with zero attached hydrogens (tertiary/aromatic N) is 1. The van der Waals surface area contributed by atoms with Crippen molar-refractivity contribution < 1.29 is 5.11 Å². The fourth-order valence-corrected chi connectivity index (χ4v) is 2.77. The van der Waals surface area contributed by atoms with E-state index in [-0.39, 0.29) is 6.04 Å². The Morgan fingerprint density at radius 1 is 1.39 bits per heavy atom. The van der Waals surface area contributed by atoms with Gasteiger partial charge in [-0.1, -0.05) is 12.1 Å². The number of benzene rings is 1. The first kappa shape index (κ1) is 13.4. The summed E-state index contributed by atoms with van der Waals surface area (Å²) in [5.41, 5.74) is 8.35. The van der Waals surface area contributed by atoms with Crippen LogP contribution in [0.2, 0.25) is 0 Å². The van der Waals surface area contributed by atoms with Gasteiger partial charge in [0.25, 0.3) is 0 Å². The molecular formula is C15H24N2O.